The molecule has 4 nitrogen and oxygen atoms in total. The molecular formula is C13H15BrN4. The van der Waals surface area contributed by atoms with Gasteiger partial charge in [-0.15, -0.1) is 0 Å². The Balaban J connectivity index is 1.83. The molecule has 0 atom stereocenters. The van der Waals surface area contributed by atoms with Crippen molar-refractivity contribution in [2.45, 2.75) is 18.9 Å². The number of fused-ring (bicyclic) bond motifs is 1. The number of rotatable bonds is 2. The van der Waals surface area contributed by atoms with E-state index in [2.05, 4.69) is 36.5 Å². The number of benzene rings is 1. The quantitative estimate of drug-likeness (QED) is 0.895. The molecule has 0 bridgehead atoms. The van der Waals surface area contributed by atoms with Crippen LogP contribution in [-0.4, -0.2) is 29.1 Å². The highest BCUT2D eigenvalue weighted by atomic mass is 79.9. The maximum Gasteiger partial charge on any atom is 0.145 e. The zero-order valence-corrected chi connectivity index (χ0v) is 11.6. The van der Waals surface area contributed by atoms with E-state index in [1.54, 1.807) is 0 Å². The van der Waals surface area contributed by atoms with E-state index in [0.717, 1.165) is 47.3 Å². The molecule has 18 heavy (non-hydrogen) atoms. The number of hydrogen-bond acceptors (Lipinski definition) is 4. The predicted molar refractivity (Wildman–Crippen MR) is 76.8 cm³/mol. The van der Waals surface area contributed by atoms with Crippen LogP contribution >= 0.6 is 15.9 Å². The molecule has 0 amide bonds. The molecule has 2 N–H and O–H groups in total. The molecule has 0 aliphatic carbocycles. The Morgan fingerprint density at radius 3 is 2.89 bits per heavy atom. The van der Waals surface area contributed by atoms with Gasteiger partial charge in [0, 0.05) is 10.5 Å². The fraction of sp³-hybridized carbons (Fsp3) is 0.385. The largest absolute Gasteiger partial charge is 0.366 e. The summed E-state index contributed by atoms with van der Waals surface area (Å²) in [5, 5.41) is 6.82. The highest BCUT2D eigenvalue weighted by Crippen LogP contribution is 2.19. The zero-order valence-electron chi connectivity index (χ0n) is 9.99. The second-order valence-electron chi connectivity index (χ2n) is 4.56. The summed E-state index contributed by atoms with van der Waals surface area (Å²) in [6, 6.07) is 6.46. The van der Waals surface area contributed by atoms with Gasteiger partial charge in [0.15, 0.2) is 0 Å². The van der Waals surface area contributed by atoms with Crippen molar-refractivity contribution in [3.8, 4) is 0 Å². The SMILES string of the molecule is Brc1ccc2ncc(NC3CCNCC3)nc2c1. The summed E-state index contributed by atoms with van der Waals surface area (Å²) in [4.78, 5) is 9.03. The molecule has 0 unspecified atom stereocenters. The molecule has 1 aliphatic heterocycles. The second kappa shape index (κ2) is 5.20. The van der Waals surface area contributed by atoms with E-state index in [1.165, 1.54) is 0 Å². The van der Waals surface area contributed by atoms with Crippen molar-refractivity contribution in [2.75, 3.05) is 18.4 Å². The number of hydrogen-bond donors (Lipinski definition) is 2. The molecule has 1 aromatic carbocycles. The van der Waals surface area contributed by atoms with Crippen molar-refractivity contribution in [2.24, 2.45) is 0 Å². The van der Waals surface area contributed by atoms with Crippen LogP contribution in [0.2, 0.25) is 0 Å². The smallest absolute Gasteiger partial charge is 0.145 e. The molecule has 1 fully saturated rings. The Bertz CT molecular complexity index is 552. The molecule has 1 aliphatic rings. The van der Waals surface area contributed by atoms with E-state index in [4.69, 9.17) is 0 Å². The van der Waals surface area contributed by atoms with Crippen LogP contribution < -0.4 is 10.6 Å². The van der Waals surface area contributed by atoms with Gasteiger partial charge in [0.2, 0.25) is 0 Å². The van der Waals surface area contributed by atoms with Gasteiger partial charge < -0.3 is 10.6 Å². The Hall–Kier alpha value is -1.20. The summed E-state index contributed by atoms with van der Waals surface area (Å²) in [7, 11) is 0. The fourth-order valence-electron chi connectivity index (χ4n) is 2.23. The maximum atomic E-state index is 4.61. The van der Waals surface area contributed by atoms with E-state index in [-0.39, 0.29) is 0 Å². The van der Waals surface area contributed by atoms with Crippen molar-refractivity contribution < 1.29 is 0 Å². The van der Waals surface area contributed by atoms with Crippen LogP contribution in [0.25, 0.3) is 11.0 Å². The molecule has 1 aromatic heterocycles. The number of anilines is 1. The van der Waals surface area contributed by atoms with Gasteiger partial charge in [0.25, 0.3) is 0 Å². The summed E-state index contributed by atoms with van der Waals surface area (Å²) in [5.74, 6) is 0.868. The van der Waals surface area contributed by atoms with Gasteiger partial charge >= 0.3 is 0 Å². The number of aromatic nitrogens is 2. The van der Waals surface area contributed by atoms with Gasteiger partial charge in [-0.05, 0) is 44.1 Å². The number of nitrogens with zero attached hydrogens (tertiary/aromatic N) is 2. The van der Waals surface area contributed by atoms with Crippen LogP contribution in [0.15, 0.2) is 28.9 Å². The third-order valence-electron chi connectivity index (χ3n) is 3.20. The van der Waals surface area contributed by atoms with E-state index in [0.29, 0.717) is 6.04 Å². The van der Waals surface area contributed by atoms with Crippen LogP contribution in [-0.2, 0) is 0 Å². The predicted octanol–water partition coefficient (Wildman–Crippen LogP) is 2.56. The summed E-state index contributed by atoms with van der Waals surface area (Å²) in [6.45, 7) is 2.15. The molecule has 0 saturated carbocycles. The minimum absolute atomic E-state index is 0.505. The monoisotopic (exact) mass is 306 g/mol. The lowest BCUT2D eigenvalue weighted by molar-refractivity contribution is 0.478. The first-order valence-electron chi connectivity index (χ1n) is 6.21. The van der Waals surface area contributed by atoms with Crippen molar-refractivity contribution in [3.63, 3.8) is 0 Å². The van der Waals surface area contributed by atoms with Gasteiger partial charge in [-0.2, -0.15) is 0 Å². The molecule has 0 radical (unpaired) electrons. The van der Waals surface area contributed by atoms with Gasteiger partial charge in [-0.25, -0.2) is 4.98 Å². The van der Waals surface area contributed by atoms with Crippen molar-refractivity contribution in [1.82, 2.24) is 15.3 Å². The van der Waals surface area contributed by atoms with Crippen molar-refractivity contribution in [3.05, 3.63) is 28.9 Å². The Morgan fingerprint density at radius 2 is 2.06 bits per heavy atom. The van der Waals surface area contributed by atoms with Crippen LogP contribution in [0.5, 0.6) is 0 Å². The summed E-state index contributed by atoms with van der Waals surface area (Å²) in [5.41, 5.74) is 1.84. The number of halogens is 1. The molecule has 0 spiro atoms. The summed E-state index contributed by atoms with van der Waals surface area (Å²) in [6.07, 6.45) is 4.09. The molecule has 3 rings (SSSR count). The fourth-order valence-corrected chi connectivity index (χ4v) is 2.58. The molecule has 1 saturated heterocycles. The first-order valence-corrected chi connectivity index (χ1v) is 7.00. The molecule has 5 heteroatoms. The van der Waals surface area contributed by atoms with Crippen LogP contribution in [0.1, 0.15) is 12.8 Å². The van der Waals surface area contributed by atoms with Gasteiger partial charge in [-0.3, -0.25) is 4.98 Å². The van der Waals surface area contributed by atoms with Gasteiger partial charge in [0.1, 0.15) is 5.82 Å². The first kappa shape index (κ1) is 11.9. The summed E-state index contributed by atoms with van der Waals surface area (Å²) >= 11 is 3.46. The van der Waals surface area contributed by atoms with E-state index in [9.17, 15) is 0 Å². The molecule has 2 heterocycles. The van der Waals surface area contributed by atoms with Crippen molar-refractivity contribution in [1.29, 1.82) is 0 Å². The third-order valence-corrected chi connectivity index (χ3v) is 3.69. The van der Waals surface area contributed by atoms with E-state index >= 15 is 0 Å². The van der Waals surface area contributed by atoms with Crippen LogP contribution in [0.4, 0.5) is 5.82 Å². The lowest BCUT2D eigenvalue weighted by atomic mass is 10.1. The Labute approximate surface area is 114 Å². The van der Waals surface area contributed by atoms with Gasteiger partial charge in [0.05, 0.1) is 17.2 Å². The second-order valence-corrected chi connectivity index (χ2v) is 5.47. The topological polar surface area (TPSA) is 49.8 Å². The Kier molecular flexibility index (Phi) is 3.43. The average Bonchev–Trinajstić information content (AvgIpc) is 2.39. The minimum atomic E-state index is 0.505. The molecule has 2 aromatic rings. The minimum Gasteiger partial charge on any atom is -0.366 e. The Morgan fingerprint density at radius 1 is 1.22 bits per heavy atom. The lowest BCUT2D eigenvalue weighted by Gasteiger charge is -2.24. The number of piperidine rings is 1. The molecule has 94 valence electrons. The third kappa shape index (κ3) is 2.62. The maximum absolute atomic E-state index is 4.61. The summed E-state index contributed by atoms with van der Waals surface area (Å²) < 4.78 is 1.03. The first-order chi connectivity index (χ1) is 8.81. The van der Waals surface area contributed by atoms with Gasteiger partial charge in [-0.1, -0.05) is 15.9 Å². The van der Waals surface area contributed by atoms with Crippen molar-refractivity contribution >= 4 is 32.8 Å². The van der Waals surface area contributed by atoms with Crippen LogP contribution in [0.3, 0.4) is 0 Å². The highest BCUT2D eigenvalue weighted by molar-refractivity contribution is 9.10. The number of nitrogens with one attached hydrogen (secondary N) is 2. The van der Waals surface area contributed by atoms with E-state index in [1.807, 2.05) is 24.4 Å². The van der Waals surface area contributed by atoms with Crippen LogP contribution in [0, 0.1) is 0 Å². The average molecular weight is 307 g/mol. The lowest BCUT2D eigenvalue weighted by Crippen LogP contribution is -2.35. The van der Waals surface area contributed by atoms with E-state index < -0.39 is 0 Å². The molecular weight excluding hydrogens is 292 g/mol. The highest BCUT2D eigenvalue weighted by Gasteiger charge is 2.13. The standard InChI is InChI=1S/C13H15BrN4/c14-9-1-2-11-12(7-9)18-13(8-16-11)17-10-3-5-15-6-4-10/h1-2,7-8,10,15H,3-6H2,(H,17,18). The normalized spacial score (nSPS) is 16.9. The zero-order chi connectivity index (χ0) is 12.4.